The second-order valence-corrected chi connectivity index (χ2v) is 6.54. The number of halogens is 2. The summed E-state index contributed by atoms with van der Waals surface area (Å²) in [6, 6.07) is 11.2. The zero-order valence-electron chi connectivity index (χ0n) is 16.6. The Morgan fingerprint density at radius 3 is 2.61 bits per heavy atom. The molecule has 5 nitrogen and oxygen atoms in total. The average Bonchev–Trinajstić information content (AvgIpc) is 2.67. The molecule has 0 heterocycles. The van der Waals surface area contributed by atoms with E-state index in [1.54, 1.807) is 0 Å². The Hall–Kier alpha value is -2.67. The second-order valence-electron chi connectivity index (χ2n) is 6.54. The Morgan fingerprint density at radius 2 is 1.86 bits per heavy atom. The van der Waals surface area contributed by atoms with E-state index in [1.165, 1.54) is 0 Å². The van der Waals surface area contributed by atoms with Gasteiger partial charge in [-0.1, -0.05) is 18.2 Å². The maximum atomic E-state index is 13.8. The van der Waals surface area contributed by atoms with Gasteiger partial charge in [0, 0.05) is 30.8 Å². The lowest BCUT2D eigenvalue weighted by Crippen LogP contribution is -2.37. The van der Waals surface area contributed by atoms with Crippen LogP contribution < -0.4 is 15.4 Å². The summed E-state index contributed by atoms with van der Waals surface area (Å²) < 4.78 is 33.0. The van der Waals surface area contributed by atoms with Crippen molar-refractivity contribution in [3.63, 3.8) is 0 Å². The van der Waals surface area contributed by atoms with Crippen LogP contribution in [0.25, 0.3) is 0 Å². The van der Waals surface area contributed by atoms with Crippen molar-refractivity contribution in [2.45, 2.75) is 20.0 Å². The second kappa shape index (κ2) is 11.2. The van der Waals surface area contributed by atoms with Gasteiger partial charge in [-0.2, -0.15) is 0 Å². The zero-order valence-corrected chi connectivity index (χ0v) is 16.6. The van der Waals surface area contributed by atoms with Crippen LogP contribution in [0.15, 0.2) is 47.5 Å². The minimum Gasteiger partial charge on any atom is -0.492 e. The van der Waals surface area contributed by atoms with Crippen molar-refractivity contribution in [3.8, 4) is 5.75 Å². The molecule has 0 unspecified atom stereocenters. The van der Waals surface area contributed by atoms with E-state index in [0.29, 0.717) is 25.7 Å². The minimum atomic E-state index is -0.478. The first-order valence-electron chi connectivity index (χ1n) is 9.31. The molecule has 0 atom stereocenters. The summed E-state index contributed by atoms with van der Waals surface area (Å²) in [7, 11) is 3.99. The normalized spacial score (nSPS) is 11.6. The summed E-state index contributed by atoms with van der Waals surface area (Å²) in [5.74, 6) is 0.382. The van der Waals surface area contributed by atoms with Gasteiger partial charge in [0.15, 0.2) is 5.96 Å². The van der Waals surface area contributed by atoms with E-state index in [9.17, 15) is 8.78 Å². The van der Waals surface area contributed by atoms with Gasteiger partial charge in [0.25, 0.3) is 0 Å². The van der Waals surface area contributed by atoms with E-state index in [1.807, 2.05) is 45.3 Å². The number of hydrogen-bond donors (Lipinski definition) is 2. The van der Waals surface area contributed by atoms with E-state index in [2.05, 4.69) is 20.5 Å². The summed E-state index contributed by atoms with van der Waals surface area (Å²) in [6.45, 7) is 4.55. The summed E-state index contributed by atoms with van der Waals surface area (Å²) >= 11 is 0. The summed E-state index contributed by atoms with van der Waals surface area (Å²) in [4.78, 5) is 6.41. The minimum absolute atomic E-state index is 0.0416. The van der Waals surface area contributed by atoms with E-state index in [0.717, 1.165) is 36.1 Å². The van der Waals surface area contributed by atoms with Crippen LogP contribution in [0.1, 0.15) is 18.1 Å². The number of rotatable bonds is 9. The Labute approximate surface area is 165 Å². The lowest BCUT2D eigenvalue weighted by atomic mass is 10.2. The van der Waals surface area contributed by atoms with Crippen molar-refractivity contribution in [2.24, 2.45) is 4.99 Å². The molecule has 0 aliphatic carbocycles. The third-order valence-corrected chi connectivity index (χ3v) is 3.97. The molecule has 0 amide bonds. The molecule has 0 aliphatic heterocycles. The Bertz CT molecular complexity index is 781. The van der Waals surface area contributed by atoms with E-state index < -0.39 is 11.6 Å². The van der Waals surface area contributed by atoms with Gasteiger partial charge >= 0.3 is 0 Å². The first-order valence-corrected chi connectivity index (χ1v) is 9.31. The van der Waals surface area contributed by atoms with Gasteiger partial charge in [-0.05, 0) is 45.3 Å². The van der Waals surface area contributed by atoms with Crippen molar-refractivity contribution in [3.05, 3.63) is 65.2 Å². The van der Waals surface area contributed by atoms with Crippen LogP contribution in [0.5, 0.6) is 5.75 Å². The number of likely N-dealkylation sites (N-methyl/N-ethyl adjacent to an activating group) is 1. The smallest absolute Gasteiger partial charge is 0.191 e. The Kier molecular flexibility index (Phi) is 8.68. The zero-order chi connectivity index (χ0) is 20.4. The predicted molar refractivity (Wildman–Crippen MR) is 109 cm³/mol. The monoisotopic (exact) mass is 390 g/mol. The fourth-order valence-electron chi connectivity index (χ4n) is 2.48. The highest BCUT2D eigenvalue weighted by Gasteiger charge is 2.07. The molecule has 0 aliphatic rings. The lowest BCUT2D eigenvalue weighted by Gasteiger charge is -2.16. The van der Waals surface area contributed by atoms with Gasteiger partial charge in [0.2, 0.25) is 0 Å². The Morgan fingerprint density at radius 1 is 1.07 bits per heavy atom. The predicted octanol–water partition coefficient (Wildman–Crippen LogP) is 3.16. The highest BCUT2D eigenvalue weighted by molar-refractivity contribution is 5.79. The van der Waals surface area contributed by atoms with Crippen LogP contribution in [-0.4, -0.2) is 44.7 Å². The third kappa shape index (κ3) is 7.15. The SMILES string of the molecule is CCNC(=NCc1cc(F)ccc1F)NCc1ccccc1OCCN(C)C. The molecule has 0 saturated heterocycles. The van der Waals surface area contributed by atoms with Crippen LogP contribution in [0.2, 0.25) is 0 Å². The molecule has 0 fully saturated rings. The fourth-order valence-corrected chi connectivity index (χ4v) is 2.48. The number of guanidine groups is 1. The fraction of sp³-hybridized carbons (Fsp3) is 0.381. The number of aliphatic imine (C=N–C) groups is 1. The molecular formula is C21H28F2N4O. The van der Waals surface area contributed by atoms with Crippen LogP contribution in [0.3, 0.4) is 0 Å². The van der Waals surface area contributed by atoms with Gasteiger partial charge < -0.3 is 20.3 Å². The summed E-state index contributed by atoms with van der Waals surface area (Å²) in [6.07, 6.45) is 0. The third-order valence-electron chi connectivity index (χ3n) is 3.97. The number of nitrogens with one attached hydrogen (secondary N) is 2. The highest BCUT2D eigenvalue weighted by atomic mass is 19.1. The molecule has 0 spiro atoms. The molecule has 2 aromatic rings. The lowest BCUT2D eigenvalue weighted by molar-refractivity contribution is 0.259. The van der Waals surface area contributed by atoms with Gasteiger partial charge in [0.05, 0.1) is 6.54 Å². The quantitative estimate of drug-likeness (QED) is 0.510. The van der Waals surface area contributed by atoms with Crippen LogP contribution in [-0.2, 0) is 13.1 Å². The number of hydrogen-bond acceptors (Lipinski definition) is 3. The maximum Gasteiger partial charge on any atom is 0.191 e. The number of benzene rings is 2. The number of nitrogens with zero attached hydrogens (tertiary/aromatic N) is 2. The molecular weight excluding hydrogens is 362 g/mol. The van der Waals surface area contributed by atoms with Crippen LogP contribution in [0.4, 0.5) is 8.78 Å². The summed E-state index contributed by atoms with van der Waals surface area (Å²) in [5, 5.41) is 6.32. The number of para-hydroxylation sites is 1. The highest BCUT2D eigenvalue weighted by Crippen LogP contribution is 2.17. The molecule has 2 N–H and O–H groups in total. The van der Waals surface area contributed by atoms with Gasteiger partial charge in [0.1, 0.15) is 24.0 Å². The van der Waals surface area contributed by atoms with Gasteiger partial charge in [-0.15, -0.1) is 0 Å². The molecule has 2 aromatic carbocycles. The summed E-state index contributed by atoms with van der Waals surface area (Å²) in [5.41, 5.74) is 1.20. The molecule has 0 saturated carbocycles. The van der Waals surface area contributed by atoms with Crippen molar-refractivity contribution in [1.29, 1.82) is 0 Å². The molecule has 7 heteroatoms. The van der Waals surface area contributed by atoms with Gasteiger partial charge in [-0.3, -0.25) is 0 Å². The first kappa shape index (κ1) is 21.6. The van der Waals surface area contributed by atoms with Crippen molar-refractivity contribution < 1.29 is 13.5 Å². The van der Waals surface area contributed by atoms with Crippen molar-refractivity contribution in [1.82, 2.24) is 15.5 Å². The van der Waals surface area contributed by atoms with E-state index >= 15 is 0 Å². The molecule has 152 valence electrons. The average molecular weight is 390 g/mol. The molecule has 0 bridgehead atoms. The number of ether oxygens (including phenoxy) is 1. The Balaban J connectivity index is 2.02. The van der Waals surface area contributed by atoms with E-state index in [-0.39, 0.29) is 12.1 Å². The molecule has 28 heavy (non-hydrogen) atoms. The van der Waals surface area contributed by atoms with Crippen LogP contribution >= 0.6 is 0 Å². The van der Waals surface area contributed by atoms with E-state index in [4.69, 9.17) is 4.74 Å². The topological polar surface area (TPSA) is 48.9 Å². The van der Waals surface area contributed by atoms with Crippen molar-refractivity contribution >= 4 is 5.96 Å². The molecule has 0 radical (unpaired) electrons. The maximum absolute atomic E-state index is 13.8. The largest absolute Gasteiger partial charge is 0.492 e. The molecule has 2 rings (SSSR count). The standard InChI is InChI=1S/C21H28F2N4O/c1-4-24-21(26-15-17-13-18(22)9-10-19(17)23)25-14-16-7-5-6-8-20(16)28-12-11-27(2)3/h5-10,13H,4,11-12,14-15H2,1-3H3,(H2,24,25,26). The molecule has 0 aromatic heterocycles. The van der Waals surface area contributed by atoms with Gasteiger partial charge in [-0.25, -0.2) is 13.8 Å². The first-order chi connectivity index (χ1) is 13.5. The van der Waals surface area contributed by atoms with Crippen molar-refractivity contribution in [2.75, 3.05) is 33.8 Å². The van der Waals surface area contributed by atoms with Crippen LogP contribution in [0, 0.1) is 11.6 Å².